The van der Waals surface area contributed by atoms with Crippen LogP contribution in [0.1, 0.15) is 5.56 Å². The molecular weight excluding hydrogens is 194 g/mol. The van der Waals surface area contributed by atoms with E-state index in [2.05, 4.69) is 21.9 Å². The molecule has 1 N–H and O–H groups in total. The number of hydrogen-bond donors (Lipinski definition) is 1. The van der Waals surface area contributed by atoms with Crippen LogP contribution in [0.4, 0.5) is 0 Å². The van der Waals surface area contributed by atoms with E-state index < -0.39 is 0 Å². The second kappa shape index (κ2) is 5.78. The third-order valence-corrected chi connectivity index (χ3v) is 2.61. The maximum atomic E-state index is 4.20. The summed E-state index contributed by atoms with van der Waals surface area (Å²) in [7, 11) is 1.91. The van der Waals surface area contributed by atoms with E-state index in [0.29, 0.717) is 0 Å². The minimum absolute atomic E-state index is 0.813. The van der Waals surface area contributed by atoms with Crippen molar-refractivity contribution in [2.24, 2.45) is 0 Å². The van der Waals surface area contributed by atoms with E-state index in [1.807, 2.05) is 26.4 Å². The number of nitrogens with one attached hydrogen (secondary N) is 1. The van der Waals surface area contributed by atoms with Gasteiger partial charge in [-0.05, 0) is 19.5 Å². The molecule has 0 bridgehead atoms. The van der Waals surface area contributed by atoms with Crippen LogP contribution in [-0.4, -0.2) is 29.3 Å². The van der Waals surface area contributed by atoms with Crippen molar-refractivity contribution in [2.45, 2.75) is 12.1 Å². The molecule has 4 heteroatoms. The molecule has 1 heterocycles. The second-order valence-electron chi connectivity index (χ2n) is 3.11. The van der Waals surface area contributed by atoms with Crippen LogP contribution in [0.3, 0.4) is 0 Å². The summed E-state index contributed by atoms with van der Waals surface area (Å²) in [4.78, 5) is 8.40. The molecule has 1 rings (SSSR count). The summed E-state index contributed by atoms with van der Waals surface area (Å²) in [6.45, 7) is 6.76. The van der Waals surface area contributed by atoms with Gasteiger partial charge >= 0.3 is 0 Å². The van der Waals surface area contributed by atoms with Gasteiger partial charge in [0.2, 0.25) is 0 Å². The fourth-order valence-electron chi connectivity index (χ4n) is 0.923. The Morgan fingerprint density at radius 2 is 2.14 bits per heavy atom. The lowest BCUT2D eigenvalue weighted by atomic mass is 10.3. The van der Waals surface area contributed by atoms with Gasteiger partial charge in [0, 0.05) is 24.7 Å². The maximum absolute atomic E-state index is 4.20. The van der Waals surface area contributed by atoms with E-state index in [9.17, 15) is 0 Å². The number of thioether (sulfide) groups is 1. The number of aryl methyl sites for hydroxylation is 1. The fourth-order valence-corrected chi connectivity index (χ4v) is 1.61. The summed E-state index contributed by atoms with van der Waals surface area (Å²) >= 11 is 1.62. The average molecular weight is 209 g/mol. The first-order chi connectivity index (χ1) is 6.72. The number of nitrogens with zero attached hydrogens (tertiary/aromatic N) is 2. The monoisotopic (exact) mass is 209 g/mol. The predicted molar refractivity (Wildman–Crippen MR) is 60.6 cm³/mol. The van der Waals surface area contributed by atoms with Crippen molar-refractivity contribution in [3.63, 3.8) is 0 Å². The van der Waals surface area contributed by atoms with E-state index in [4.69, 9.17) is 0 Å². The van der Waals surface area contributed by atoms with Gasteiger partial charge in [0.15, 0.2) is 5.16 Å². The molecule has 0 aliphatic heterocycles. The fraction of sp³-hybridized carbons (Fsp3) is 0.400. The minimum atomic E-state index is 0.813. The summed E-state index contributed by atoms with van der Waals surface area (Å²) in [5.74, 6) is 0.865. The minimum Gasteiger partial charge on any atom is -0.316 e. The van der Waals surface area contributed by atoms with Crippen LogP contribution < -0.4 is 5.32 Å². The van der Waals surface area contributed by atoms with Crippen molar-refractivity contribution in [1.29, 1.82) is 0 Å². The third kappa shape index (κ3) is 3.89. The van der Waals surface area contributed by atoms with E-state index in [-0.39, 0.29) is 0 Å². The second-order valence-corrected chi connectivity index (χ2v) is 4.05. The summed E-state index contributed by atoms with van der Waals surface area (Å²) in [5, 5.41) is 3.87. The summed E-state index contributed by atoms with van der Waals surface area (Å²) in [6.07, 6.45) is 3.66. The molecule has 0 atom stereocenters. The Labute approximate surface area is 89.0 Å². The molecule has 0 saturated carbocycles. The molecule has 0 fully saturated rings. The largest absolute Gasteiger partial charge is 0.316 e. The summed E-state index contributed by atoms with van der Waals surface area (Å²) in [6, 6.07) is 0. The van der Waals surface area contributed by atoms with Crippen LogP contribution in [-0.2, 0) is 0 Å². The maximum Gasteiger partial charge on any atom is 0.187 e. The molecule has 0 saturated heterocycles. The lowest BCUT2D eigenvalue weighted by molar-refractivity contribution is 0.883. The first kappa shape index (κ1) is 11.2. The number of likely N-dealkylation sites (N-methyl/N-ethyl adjacent to an activating group) is 1. The lowest BCUT2D eigenvalue weighted by Crippen LogP contribution is -2.11. The molecular formula is C10H15N3S. The molecule has 0 aliphatic rings. The Morgan fingerprint density at radius 3 is 2.71 bits per heavy atom. The summed E-state index contributed by atoms with van der Waals surface area (Å²) < 4.78 is 0. The van der Waals surface area contributed by atoms with Gasteiger partial charge in [-0.3, -0.25) is 0 Å². The van der Waals surface area contributed by atoms with Crippen LogP contribution in [0.25, 0.3) is 0 Å². The van der Waals surface area contributed by atoms with Gasteiger partial charge in [0.1, 0.15) is 0 Å². The van der Waals surface area contributed by atoms with E-state index in [0.717, 1.165) is 28.6 Å². The molecule has 1 aromatic rings. The average Bonchev–Trinajstić information content (AvgIpc) is 2.17. The highest BCUT2D eigenvalue weighted by molar-refractivity contribution is 7.99. The standard InChI is InChI=1S/C10H15N3S/c1-8-5-12-10(13-6-8)14-7-9(2)4-11-3/h5-6,11H,2,4,7H2,1,3H3. The van der Waals surface area contributed by atoms with Crippen molar-refractivity contribution in [3.05, 3.63) is 30.1 Å². The quantitative estimate of drug-likeness (QED) is 0.454. The zero-order valence-corrected chi connectivity index (χ0v) is 9.40. The van der Waals surface area contributed by atoms with Gasteiger partial charge in [0.05, 0.1) is 0 Å². The van der Waals surface area contributed by atoms with Gasteiger partial charge in [-0.15, -0.1) is 0 Å². The molecule has 76 valence electrons. The molecule has 0 amide bonds. The van der Waals surface area contributed by atoms with Crippen LogP contribution in [0.15, 0.2) is 29.7 Å². The number of hydrogen-bond acceptors (Lipinski definition) is 4. The predicted octanol–water partition coefficient (Wildman–Crippen LogP) is 1.65. The van der Waals surface area contributed by atoms with E-state index >= 15 is 0 Å². The SMILES string of the molecule is C=C(CNC)CSc1ncc(C)cn1. The zero-order valence-electron chi connectivity index (χ0n) is 8.58. The Kier molecular flexibility index (Phi) is 4.62. The van der Waals surface area contributed by atoms with Crippen LogP contribution in [0.5, 0.6) is 0 Å². The van der Waals surface area contributed by atoms with Crippen LogP contribution >= 0.6 is 11.8 Å². The Balaban J connectivity index is 2.38. The van der Waals surface area contributed by atoms with Crippen LogP contribution in [0.2, 0.25) is 0 Å². The molecule has 0 spiro atoms. The third-order valence-electron chi connectivity index (χ3n) is 1.59. The number of rotatable bonds is 5. The summed E-state index contributed by atoms with van der Waals surface area (Å²) in [5.41, 5.74) is 2.24. The topological polar surface area (TPSA) is 37.8 Å². The van der Waals surface area contributed by atoms with Crippen molar-refractivity contribution < 1.29 is 0 Å². The first-order valence-corrected chi connectivity index (χ1v) is 5.43. The van der Waals surface area contributed by atoms with Crippen molar-refractivity contribution in [1.82, 2.24) is 15.3 Å². The molecule has 3 nitrogen and oxygen atoms in total. The molecule has 14 heavy (non-hydrogen) atoms. The van der Waals surface area contributed by atoms with E-state index in [1.54, 1.807) is 11.8 Å². The molecule has 0 aliphatic carbocycles. The highest BCUT2D eigenvalue weighted by Crippen LogP contribution is 2.14. The highest BCUT2D eigenvalue weighted by Gasteiger charge is 1.98. The Bertz CT molecular complexity index is 295. The Hall–Kier alpha value is -0.870. The zero-order chi connectivity index (χ0) is 10.4. The van der Waals surface area contributed by atoms with Gasteiger partial charge < -0.3 is 5.32 Å². The smallest absolute Gasteiger partial charge is 0.187 e. The molecule has 0 aromatic carbocycles. The van der Waals surface area contributed by atoms with E-state index in [1.165, 1.54) is 0 Å². The van der Waals surface area contributed by atoms with Gasteiger partial charge in [-0.2, -0.15) is 0 Å². The van der Waals surface area contributed by atoms with Gasteiger partial charge in [-0.1, -0.05) is 23.9 Å². The lowest BCUT2D eigenvalue weighted by Gasteiger charge is -2.03. The van der Waals surface area contributed by atoms with Gasteiger partial charge in [-0.25, -0.2) is 9.97 Å². The number of aromatic nitrogens is 2. The highest BCUT2D eigenvalue weighted by atomic mass is 32.2. The first-order valence-electron chi connectivity index (χ1n) is 4.45. The van der Waals surface area contributed by atoms with Crippen LogP contribution in [0, 0.1) is 6.92 Å². The van der Waals surface area contributed by atoms with Gasteiger partial charge in [0.25, 0.3) is 0 Å². The molecule has 1 aromatic heterocycles. The normalized spacial score (nSPS) is 10.1. The van der Waals surface area contributed by atoms with Crippen molar-refractivity contribution >= 4 is 11.8 Å². The van der Waals surface area contributed by atoms with Crippen molar-refractivity contribution in [2.75, 3.05) is 19.3 Å². The molecule has 0 radical (unpaired) electrons. The molecule has 0 unspecified atom stereocenters. The van der Waals surface area contributed by atoms with Crippen molar-refractivity contribution in [3.8, 4) is 0 Å². The Morgan fingerprint density at radius 1 is 1.50 bits per heavy atom.